The molecule has 1 fully saturated rings. The molecule has 19 heavy (non-hydrogen) atoms. The number of amides is 1. The van der Waals surface area contributed by atoms with Gasteiger partial charge in [0.2, 0.25) is 6.41 Å². The molecule has 0 aromatic heterocycles. The summed E-state index contributed by atoms with van der Waals surface area (Å²) in [5, 5.41) is 2.40. The molecule has 104 valence electrons. The van der Waals surface area contributed by atoms with E-state index in [9.17, 15) is 9.18 Å². The van der Waals surface area contributed by atoms with Crippen LogP contribution in [0.2, 0.25) is 0 Å². The first-order chi connectivity index (χ1) is 9.29. The SMILES string of the molecule is O=CNC1=C(\F)CC=CC(CN2CCOCC2)/C=C\1. The zero-order chi connectivity index (χ0) is 13.5. The molecule has 5 heteroatoms. The molecular formula is C14H19FN2O2. The minimum atomic E-state index is -0.315. The van der Waals surface area contributed by atoms with Crippen molar-refractivity contribution in [2.24, 2.45) is 5.92 Å². The molecule has 1 aliphatic heterocycles. The lowest BCUT2D eigenvalue weighted by molar-refractivity contribution is -0.108. The fourth-order valence-corrected chi connectivity index (χ4v) is 2.22. The minimum Gasteiger partial charge on any atom is -0.379 e. The van der Waals surface area contributed by atoms with Gasteiger partial charge in [0.25, 0.3) is 0 Å². The third-order valence-corrected chi connectivity index (χ3v) is 3.27. The first-order valence-electron chi connectivity index (χ1n) is 6.53. The molecule has 0 aromatic carbocycles. The number of rotatable bonds is 4. The highest BCUT2D eigenvalue weighted by atomic mass is 19.1. The Morgan fingerprint density at radius 1 is 1.42 bits per heavy atom. The maximum atomic E-state index is 13.6. The molecule has 0 aromatic rings. The quantitative estimate of drug-likeness (QED) is 0.617. The van der Waals surface area contributed by atoms with Crippen molar-refractivity contribution in [3.8, 4) is 0 Å². The van der Waals surface area contributed by atoms with Crippen molar-refractivity contribution in [1.82, 2.24) is 10.2 Å². The predicted molar refractivity (Wildman–Crippen MR) is 71.0 cm³/mol. The van der Waals surface area contributed by atoms with Gasteiger partial charge in [-0.15, -0.1) is 0 Å². The Morgan fingerprint density at radius 2 is 2.21 bits per heavy atom. The minimum absolute atomic E-state index is 0.222. The lowest BCUT2D eigenvalue weighted by Gasteiger charge is -2.28. The van der Waals surface area contributed by atoms with Gasteiger partial charge in [-0.25, -0.2) is 4.39 Å². The highest BCUT2D eigenvalue weighted by Crippen LogP contribution is 2.17. The molecule has 0 radical (unpaired) electrons. The summed E-state index contributed by atoms with van der Waals surface area (Å²) >= 11 is 0. The summed E-state index contributed by atoms with van der Waals surface area (Å²) in [5.41, 5.74) is 0.256. The monoisotopic (exact) mass is 266 g/mol. The Bertz CT molecular complexity index is 398. The smallest absolute Gasteiger partial charge is 0.211 e. The van der Waals surface area contributed by atoms with Crippen LogP contribution in [0.4, 0.5) is 4.39 Å². The summed E-state index contributed by atoms with van der Waals surface area (Å²) < 4.78 is 18.9. The fraction of sp³-hybridized carbons (Fsp3) is 0.500. The molecule has 2 aliphatic rings. The number of hydrogen-bond donors (Lipinski definition) is 1. The van der Waals surface area contributed by atoms with Crippen LogP contribution in [0.3, 0.4) is 0 Å². The standard InChI is InChI=1S/C14H19FN2O2/c15-13-3-1-2-12(4-5-14(13)16-11-18)10-17-6-8-19-9-7-17/h1-2,4-5,11-12H,3,6-10H2,(H,16,18)/b2-1?,5-4-,14-13-. The number of nitrogens with zero attached hydrogens (tertiary/aromatic N) is 1. The van der Waals surface area contributed by atoms with Crippen molar-refractivity contribution in [3.63, 3.8) is 0 Å². The second-order valence-electron chi connectivity index (χ2n) is 4.65. The van der Waals surface area contributed by atoms with E-state index in [-0.39, 0.29) is 23.9 Å². The van der Waals surface area contributed by atoms with E-state index in [4.69, 9.17) is 4.74 Å². The van der Waals surface area contributed by atoms with Gasteiger partial charge in [0.05, 0.1) is 18.9 Å². The summed E-state index contributed by atoms with van der Waals surface area (Å²) in [6, 6.07) is 0. The average Bonchev–Trinajstić information content (AvgIpc) is 2.42. The van der Waals surface area contributed by atoms with Gasteiger partial charge in [0.1, 0.15) is 5.83 Å². The molecule has 1 unspecified atom stereocenters. The van der Waals surface area contributed by atoms with Crippen LogP contribution in [-0.2, 0) is 9.53 Å². The molecule has 0 bridgehead atoms. The lowest BCUT2D eigenvalue weighted by Crippen LogP contribution is -2.38. The third kappa shape index (κ3) is 4.29. The topological polar surface area (TPSA) is 41.6 Å². The van der Waals surface area contributed by atoms with Crippen LogP contribution in [-0.4, -0.2) is 44.2 Å². The second-order valence-corrected chi connectivity index (χ2v) is 4.65. The van der Waals surface area contributed by atoms with Crippen molar-refractivity contribution in [1.29, 1.82) is 0 Å². The molecule has 1 aliphatic carbocycles. The van der Waals surface area contributed by atoms with E-state index in [0.29, 0.717) is 6.41 Å². The second kappa shape index (κ2) is 7.21. The number of ether oxygens (including phenoxy) is 1. The molecule has 1 atom stereocenters. The molecule has 1 heterocycles. The summed E-state index contributed by atoms with van der Waals surface area (Å²) in [7, 11) is 0. The Labute approximate surface area is 112 Å². The van der Waals surface area contributed by atoms with E-state index in [1.807, 2.05) is 18.2 Å². The van der Waals surface area contributed by atoms with Gasteiger partial charge in [-0.1, -0.05) is 18.2 Å². The van der Waals surface area contributed by atoms with Crippen LogP contribution in [0.15, 0.2) is 35.8 Å². The Balaban J connectivity index is 1.98. The number of allylic oxidation sites excluding steroid dienone is 3. The van der Waals surface area contributed by atoms with Gasteiger partial charge in [-0.2, -0.15) is 0 Å². The summed E-state index contributed by atoms with van der Waals surface area (Å²) in [6.07, 6.45) is 8.14. The molecular weight excluding hydrogens is 247 g/mol. The van der Waals surface area contributed by atoms with Gasteiger partial charge < -0.3 is 10.1 Å². The summed E-state index contributed by atoms with van der Waals surface area (Å²) in [4.78, 5) is 12.8. The van der Waals surface area contributed by atoms with E-state index in [1.54, 1.807) is 6.08 Å². The first-order valence-corrected chi connectivity index (χ1v) is 6.53. The maximum Gasteiger partial charge on any atom is 0.211 e. The third-order valence-electron chi connectivity index (χ3n) is 3.27. The van der Waals surface area contributed by atoms with Crippen LogP contribution >= 0.6 is 0 Å². The number of morpholine rings is 1. The highest BCUT2D eigenvalue weighted by Gasteiger charge is 2.14. The molecule has 0 spiro atoms. The van der Waals surface area contributed by atoms with E-state index in [2.05, 4.69) is 10.2 Å². The molecule has 1 saturated heterocycles. The van der Waals surface area contributed by atoms with Gasteiger partial charge in [-0.05, 0) is 6.08 Å². The van der Waals surface area contributed by atoms with Crippen LogP contribution in [0.1, 0.15) is 6.42 Å². The molecule has 1 N–H and O–H groups in total. The molecule has 4 nitrogen and oxygen atoms in total. The van der Waals surface area contributed by atoms with E-state index >= 15 is 0 Å². The number of carbonyl (C=O) groups excluding carboxylic acids is 1. The van der Waals surface area contributed by atoms with E-state index < -0.39 is 0 Å². The molecule has 2 rings (SSSR count). The van der Waals surface area contributed by atoms with Crippen LogP contribution < -0.4 is 5.32 Å². The normalized spacial score (nSPS) is 30.5. The largest absolute Gasteiger partial charge is 0.379 e. The van der Waals surface area contributed by atoms with Crippen LogP contribution in [0.5, 0.6) is 0 Å². The van der Waals surface area contributed by atoms with Crippen LogP contribution in [0, 0.1) is 5.92 Å². The van der Waals surface area contributed by atoms with Gasteiger partial charge in [0, 0.05) is 32.0 Å². The predicted octanol–water partition coefficient (Wildman–Crippen LogP) is 1.38. The zero-order valence-corrected chi connectivity index (χ0v) is 10.8. The zero-order valence-electron chi connectivity index (χ0n) is 10.8. The Morgan fingerprint density at radius 3 is 2.95 bits per heavy atom. The Hall–Kier alpha value is -1.46. The molecule has 0 saturated carbocycles. The van der Waals surface area contributed by atoms with Crippen molar-refractivity contribution in [2.45, 2.75) is 6.42 Å². The van der Waals surface area contributed by atoms with Crippen LogP contribution in [0.25, 0.3) is 0 Å². The number of nitrogens with one attached hydrogen (secondary N) is 1. The summed E-state index contributed by atoms with van der Waals surface area (Å²) in [5.74, 6) is -0.0842. The molecule has 1 amide bonds. The van der Waals surface area contributed by atoms with Crippen molar-refractivity contribution >= 4 is 6.41 Å². The van der Waals surface area contributed by atoms with E-state index in [0.717, 1.165) is 32.8 Å². The summed E-state index contributed by atoms with van der Waals surface area (Å²) in [6.45, 7) is 4.30. The fourth-order valence-electron chi connectivity index (χ4n) is 2.22. The average molecular weight is 266 g/mol. The maximum absolute atomic E-state index is 13.6. The Kier molecular flexibility index (Phi) is 5.30. The number of carbonyl (C=O) groups is 1. The van der Waals surface area contributed by atoms with E-state index in [1.165, 1.54) is 0 Å². The van der Waals surface area contributed by atoms with Gasteiger partial charge in [0.15, 0.2) is 0 Å². The van der Waals surface area contributed by atoms with Gasteiger partial charge >= 0.3 is 0 Å². The van der Waals surface area contributed by atoms with Crippen molar-refractivity contribution < 1.29 is 13.9 Å². The van der Waals surface area contributed by atoms with Gasteiger partial charge in [-0.3, -0.25) is 9.69 Å². The lowest BCUT2D eigenvalue weighted by atomic mass is 10.0. The van der Waals surface area contributed by atoms with Crippen molar-refractivity contribution in [3.05, 3.63) is 35.8 Å². The number of halogens is 1. The number of hydrogen-bond acceptors (Lipinski definition) is 3. The highest BCUT2D eigenvalue weighted by molar-refractivity contribution is 5.52. The first kappa shape index (κ1) is 14.0. The van der Waals surface area contributed by atoms with Crippen molar-refractivity contribution in [2.75, 3.05) is 32.8 Å².